The molecule has 0 fully saturated rings. The van der Waals surface area contributed by atoms with E-state index in [1.165, 1.54) is 12.1 Å². The zero-order chi connectivity index (χ0) is 23.1. The lowest BCUT2D eigenvalue weighted by Crippen LogP contribution is -2.25. The molecule has 2 heterocycles. The number of hydrogen-bond acceptors (Lipinski definition) is 5. The number of ether oxygens (including phenoxy) is 1. The molecule has 7 nitrogen and oxygen atoms in total. The molecule has 1 aliphatic heterocycles. The molecule has 2 amide bonds. The highest BCUT2D eigenvalue weighted by Gasteiger charge is 2.22. The fourth-order valence-electron chi connectivity index (χ4n) is 3.74. The molecule has 33 heavy (non-hydrogen) atoms. The Morgan fingerprint density at radius 1 is 1.06 bits per heavy atom. The van der Waals surface area contributed by atoms with Gasteiger partial charge in [0.2, 0.25) is 0 Å². The number of hydrogen-bond donors (Lipinski definition) is 2. The Labute approximate surface area is 192 Å². The van der Waals surface area contributed by atoms with Crippen LogP contribution in [0.15, 0.2) is 69.9 Å². The standard InChI is InChI=1S/C25H17ClN2O5/c1-13-22(30)15-8-5-9-16(24(15)33-23(13)14-6-3-2-4-7-14)25(31)28-18-11-20-19(10-17(18)26)27-21(29)12-32-20/h2-11H,12H2,1H3,(H,27,29)(H,28,31). The lowest BCUT2D eigenvalue weighted by atomic mass is 10.0. The van der Waals surface area contributed by atoms with Gasteiger partial charge in [-0.2, -0.15) is 0 Å². The van der Waals surface area contributed by atoms with Crippen molar-refractivity contribution in [3.63, 3.8) is 0 Å². The Hall–Kier alpha value is -4.10. The minimum absolute atomic E-state index is 0.127. The molecule has 1 aliphatic rings. The maximum atomic E-state index is 13.2. The van der Waals surface area contributed by atoms with Crippen molar-refractivity contribution in [3.05, 3.63) is 87.0 Å². The van der Waals surface area contributed by atoms with E-state index in [-0.39, 0.29) is 34.1 Å². The van der Waals surface area contributed by atoms with Gasteiger partial charge < -0.3 is 19.8 Å². The van der Waals surface area contributed by atoms with E-state index in [9.17, 15) is 14.4 Å². The average molecular weight is 461 g/mol. The summed E-state index contributed by atoms with van der Waals surface area (Å²) in [7, 11) is 0. The van der Waals surface area contributed by atoms with Crippen LogP contribution < -0.4 is 20.8 Å². The largest absolute Gasteiger partial charge is 0.482 e. The predicted octanol–water partition coefficient (Wildman–Crippen LogP) is 5.01. The lowest BCUT2D eigenvalue weighted by Gasteiger charge is -2.19. The third kappa shape index (κ3) is 3.72. The smallest absolute Gasteiger partial charge is 0.262 e. The van der Waals surface area contributed by atoms with Crippen LogP contribution in [0.1, 0.15) is 15.9 Å². The Morgan fingerprint density at radius 3 is 2.64 bits per heavy atom. The molecule has 0 unspecified atom stereocenters. The molecule has 2 N–H and O–H groups in total. The number of anilines is 2. The molecule has 0 atom stereocenters. The number of carbonyl (C=O) groups excluding carboxylic acids is 2. The van der Waals surface area contributed by atoms with E-state index in [2.05, 4.69) is 10.6 Å². The third-order valence-corrected chi connectivity index (χ3v) is 5.69. The lowest BCUT2D eigenvalue weighted by molar-refractivity contribution is -0.118. The molecular weight excluding hydrogens is 444 g/mol. The Morgan fingerprint density at radius 2 is 1.85 bits per heavy atom. The van der Waals surface area contributed by atoms with E-state index in [4.69, 9.17) is 20.8 Å². The van der Waals surface area contributed by atoms with Crippen molar-refractivity contribution < 1.29 is 18.7 Å². The van der Waals surface area contributed by atoms with Crippen molar-refractivity contribution in [1.82, 2.24) is 0 Å². The first kappa shape index (κ1) is 20.8. The molecule has 0 spiro atoms. The van der Waals surface area contributed by atoms with E-state index >= 15 is 0 Å². The average Bonchev–Trinajstić information content (AvgIpc) is 2.82. The van der Waals surface area contributed by atoms with E-state index in [0.717, 1.165) is 5.56 Å². The predicted molar refractivity (Wildman–Crippen MR) is 126 cm³/mol. The first-order chi connectivity index (χ1) is 15.9. The molecule has 0 bridgehead atoms. The summed E-state index contributed by atoms with van der Waals surface area (Å²) >= 11 is 6.31. The second-order valence-corrected chi connectivity index (χ2v) is 7.96. The van der Waals surface area contributed by atoms with Gasteiger partial charge in [0.25, 0.3) is 11.8 Å². The number of benzene rings is 3. The fraction of sp³-hybridized carbons (Fsp3) is 0.0800. The van der Waals surface area contributed by atoms with Crippen molar-refractivity contribution in [2.24, 2.45) is 0 Å². The summed E-state index contributed by atoms with van der Waals surface area (Å²) in [5, 5.41) is 5.93. The first-order valence-corrected chi connectivity index (χ1v) is 10.5. The topological polar surface area (TPSA) is 97.6 Å². The zero-order valence-corrected chi connectivity index (χ0v) is 18.2. The fourth-order valence-corrected chi connectivity index (χ4v) is 3.95. The molecule has 164 valence electrons. The summed E-state index contributed by atoms with van der Waals surface area (Å²) in [6.07, 6.45) is 0. The van der Waals surface area contributed by atoms with Crippen molar-refractivity contribution in [1.29, 1.82) is 0 Å². The van der Waals surface area contributed by atoms with Crippen LogP contribution in [0.3, 0.4) is 0 Å². The van der Waals surface area contributed by atoms with Gasteiger partial charge in [0.05, 0.1) is 27.3 Å². The Kier molecular flexibility index (Phi) is 5.11. The number of para-hydroxylation sites is 1. The van der Waals surface area contributed by atoms with E-state index in [0.29, 0.717) is 33.8 Å². The van der Waals surface area contributed by atoms with Gasteiger partial charge in [-0.3, -0.25) is 14.4 Å². The molecule has 0 aliphatic carbocycles. The van der Waals surface area contributed by atoms with Gasteiger partial charge in [0.15, 0.2) is 17.6 Å². The number of rotatable bonds is 3. The first-order valence-electron chi connectivity index (χ1n) is 10.1. The number of amides is 2. The van der Waals surface area contributed by atoms with Gasteiger partial charge >= 0.3 is 0 Å². The number of fused-ring (bicyclic) bond motifs is 2. The molecule has 0 radical (unpaired) electrons. The van der Waals surface area contributed by atoms with E-state index in [1.54, 1.807) is 25.1 Å². The molecular formula is C25H17ClN2O5. The van der Waals surface area contributed by atoms with Crippen molar-refractivity contribution in [3.8, 4) is 17.1 Å². The molecule has 5 rings (SSSR count). The van der Waals surface area contributed by atoms with Crippen LogP contribution >= 0.6 is 11.6 Å². The van der Waals surface area contributed by atoms with Crippen LogP contribution in [0.2, 0.25) is 5.02 Å². The highest BCUT2D eigenvalue weighted by Crippen LogP contribution is 2.37. The second kappa shape index (κ2) is 8.11. The van der Waals surface area contributed by atoms with Gasteiger partial charge in [0, 0.05) is 17.2 Å². The van der Waals surface area contributed by atoms with Gasteiger partial charge in [-0.25, -0.2) is 0 Å². The number of carbonyl (C=O) groups is 2. The quantitative estimate of drug-likeness (QED) is 0.448. The highest BCUT2D eigenvalue weighted by molar-refractivity contribution is 6.34. The molecule has 3 aromatic carbocycles. The van der Waals surface area contributed by atoms with Crippen LogP contribution in [0, 0.1) is 6.92 Å². The molecule has 4 aromatic rings. The van der Waals surface area contributed by atoms with Gasteiger partial charge in [-0.15, -0.1) is 0 Å². The maximum Gasteiger partial charge on any atom is 0.262 e. The second-order valence-electron chi connectivity index (χ2n) is 7.55. The molecule has 1 aromatic heterocycles. The molecule has 0 saturated carbocycles. The molecule has 8 heteroatoms. The summed E-state index contributed by atoms with van der Waals surface area (Å²) in [5.41, 5.74) is 2.08. The minimum atomic E-state index is -0.506. The summed E-state index contributed by atoms with van der Waals surface area (Å²) in [6.45, 7) is 1.57. The van der Waals surface area contributed by atoms with Gasteiger partial charge in [0.1, 0.15) is 11.5 Å². The summed E-state index contributed by atoms with van der Waals surface area (Å²) in [4.78, 5) is 37.7. The summed E-state index contributed by atoms with van der Waals surface area (Å²) in [5.74, 6) is 0.00371. The SMILES string of the molecule is Cc1c(-c2ccccc2)oc2c(C(=O)Nc3cc4c(cc3Cl)NC(=O)CO4)cccc2c1=O. The van der Waals surface area contributed by atoms with E-state index in [1.807, 2.05) is 30.3 Å². The summed E-state index contributed by atoms with van der Waals surface area (Å²) in [6, 6.07) is 17.1. The number of nitrogens with one attached hydrogen (secondary N) is 2. The van der Waals surface area contributed by atoms with Crippen LogP contribution in [0.25, 0.3) is 22.3 Å². The van der Waals surface area contributed by atoms with Crippen LogP contribution in [0.5, 0.6) is 5.75 Å². The Bertz CT molecular complexity index is 1490. The van der Waals surface area contributed by atoms with Crippen molar-refractivity contribution >= 4 is 45.8 Å². The third-order valence-electron chi connectivity index (χ3n) is 5.38. The van der Waals surface area contributed by atoms with E-state index < -0.39 is 5.91 Å². The van der Waals surface area contributed by atoms with Gasteiger partial charge in [-0.1, -0.05) is 48.0 Å². The van der Waals surface area contributed by atoms with Crippen molar-refractivity contribution in [2.75, 3.05) is 17.2 Å². The maximum absolute atomic E-state index is 13.2. The van der Waals surface area contributed by atoms with Crippen LogP contribution in [-0.2, 0) is 4.79 Å². The van der Waals surface area contributed by atoms with Crippen molar-refractivity contribution in [2.45, 2.75) is 6.92 Å². The minimum Gasteiger partial charge on any atom is -0.482 e. The van der Waals surface area contributed by atoms with Crippen LogP contribution in [-0.4, -0.2) is 18.4 Å². The summed E-state index contributed by atoms with van der Waals surface area (Å²) < 4.78 is 11.5. The van der Waals surface area contributed by atoms with Gasteiger partial charge in [-0.05, 0) is 25.1 Å². The monoisotopic (exact) mass is 460 g/mol. The number of halogens is 1. The zero-order valence-electron chi connectivity index (χ0n) is 17.4. The molecule has 0 saturated heterocycles. The highest BCUT2D eigenvalue weighted by atomic mass is 35.5. The normalized spacial score (nSPS) is 12.6. The van der Waals surface area contributed by atoms with Crippen LogP contribution in [0.4, 0.5) is 11.4 Å². The Balaban J connectivity index is 1.58.